The Morgan fingerprint density at radius 3 is 2.30 bits per heavy atom. The zero-order valence-corrected chi connectivity index (χ0v) is 20.1. The van der Waals surface area contributed by atoms with Gasteiger partial charge in [-0.15, -0.1) is 0 Å². The lowest BCUT2D eigenvalue weighted by Crippen LogP contribution is -2.36. The van der Waals surface area contributed by atoms with Crippen molar-refractivity contribution >= 4 is 0 Å². The van der Waals surface area contributed by atoms with Gasteiger partial charge in [0, 0.05) is 18.2 Å². The third kappa shape index (κ3) is 6.11. The normalized spacial score (nSPS) is 17.6. The van der Waals surface area contributed by atoms with E-state index in [1.54, 1.807) is 13.0 Å². The molecule has 194 valence electrons. The maximum Gasteiger partial charge on any atom is 0.417 e. The van der Waals surface area contributed by atoms with Crippen molar-refractivity contribution in [3.8, 4) is 23.2 Å². The Kier molecular flexibility index (Phi) is 7.56. The van der Waals surface area contributed by atoms with Crippen LogP contribution in [-0.2, 0) is 12.4 Å². The molecule has 0 N–H and O–H groups in total. The molecule has 4 rings (SSSR count). The van der Waals surface area contributed by atoms with Gasteiger partial charge in [-0.3, -0.25) is 4.90 Å². The highest BCUT2D eigenvalue weighted by atomic mass is 19.4. The van der Waals surface area contributed by atoms with Crippen LogP contribution in [0.25, 0.3) is 11.3 Å². The van der Waals surface area contributed by atoms with Crippen LogP contribution in [0, 0.1) is 11.8 Å². The summed E-state index contributed by atoms with van der Waals surface area (Å²) in [6.45, 7) is 6.14. The molecule has 2 heterocycles. The summed E-state index contributed by atoms with van der Waals surface area (Å²) in [6.07, 6.45) is -6.57. The summed E-state index contributed by atoms with van der Waals surface area (Å²) in [6, 6.07) is 12.5. The molecule has 3 aromatic rings. The van der Waals surface area contributed by atoms with Crippen molar-refractivity contribution in [2.24, 2.45) is 0 Å². The minimum Gasteiger partial charge on any atom is -0.458 e. The van der Waals surface area contributed by atoms with E-state index in [-0.39, 0.29) is 17.4 Å². The highest BCUT2D eigenvalue weighted by Crippen LogP contribution is 2.42. The van der Waals surface area contributed by atoms with Crippen LogP contribution in [0.4, 0.5) is 26.3 Å². The fraction of sp³-hybridized carbons (Fsp3) is 0.310. The van der Waals surface area contributed by atoms with Crippen molar-refractivity contribution in [3.63, 3.8) is 0 Å². The lowest BCUT2D eigenvalue weighted by molar-refractivity contribution is -0.138. The predicted molar refractivity (Wildman–Crippen MR) is 129 cm³/mol. The van der Waals surface area contributed by atoms with E-state index >= 15 is 0 Å². The van der Waals surface area contributed by atoms with Crippen molar-refractivity contribution in [3.05, 3.63) is 95.3 Å². The summed E-state index contributed by atoms with van der Waals surface area (Å²) in [5.41, 5.74) is -0.297. The number of benzene rings is 2. The fourth-order valence-electron chi connectivity index (χ4n) is 4.61. The number of hydrogen-bond donors (Lipinski definition) is 0. The Balaban J connectivity index is 1.73. The lowest BCUT2D eigenvalue weighted by Gasteiger charge is -2.39. The second-order valence-electron chi connectivity index (χ2n) is 9.07. The van der Waals surface area contributed by atoms with Gasteiger partial charge in [0.05, 0.1) is 11.1 Å². The molecule has 37 heavy (non-hydrogen) atoms. The van der Waals surface area contributed by atoms with Gasteiger partial charge in [0.25, 0.3) is 0 Å². The van der Waals surface area contributed by atoms with Gasteiger partial charge in [0.15, 0.2) is 0 Å². The second-order valence-corrected chi connectivity index (χ2v) is 9.07. The van der Waals surface area contributed by atoms with Gasteiger partial charge in [-0.25, -0.2) is 0 Å². The minimum atomic E-state index is -4.55. The van der Waals surface area contributed by atoms with Gasteiger partial charge in [0.2, 0.25) is 0 Å². The number of allylic oxidation sites excluding steroid dienone is 1. The molecule has 1 aromatic heterocycles. The molecule has 2 atom stereocenters. The van der Waals surface area contributed by atoms with Gasteiger partial charge in [-0.05, 0) is 61.2 Å². The first-order chi connectivity index (χ1) is 17.4. The molecule has 0 radical (unpaired) electrons. The smallest absolute Gasteiger partial charge is 0.417 e. The molecule has 0 amide bonds. The van der Waals surface area contributed by atoms with Crippen molar-refractivity contribution in [2.45, 2.75) is 50.6 Å². The van der Waals surface area contributed by atoms with E-state index in [9.17, 15) is 26.3 Å². The second kappa shape index (κ2) is 10.5. The van der Waals surface area contributed by atoms with Crippen LogP contribution >= 0.6 is 0 Å². The Labute approximate surface area is 211 Å². The minimum absolute atomic E-state index is 0.0631. The SMILES string of the molecule is C=C(C)C#C[C@H](c1ccc(-c2ccccc2C(F)(F)F)o1)N1CCCC[C@H]1c1ccc(C(F)(F)F)cc1. The number of furan rings is 1. The van der Waals surface area contributed by atoms with Crippen molar-refractivity contribution in [1.29, 1.82) is 0 Å². The number of rotatable bonds is 4. The van der Waals surface area contributed by atoms with E-state index in [0.717, 1.165) is 31.0 Å². The average Bonchev–Trinajstić information content (AvgIpc) is 3.33. The van der Waals surface area contributed by atoms with Gasteiger partial charge < -0.3 is 4.42 Å². The summed E-state index contributed by atoms with van der Waals surface area (Å²) in [5.74, 6) is 6.51. The van der Waals surface area contributed by atoms with E-state index in [0.29, 0.717) is 29.9 Å². The predicted octanol–water partition coefficient (Wildman–Crippen LogP) is 8.83. The molecule has 1 aliphatic heterocycles. The number of halogens is 6. The van der Waals surface area contributed by atoms with Crippen LogP contribution in [0.15, 0.2) is 77.2 Å². The van der Waals surface area contributed by atoms with Crippen molar-refractivity contribution < 1.29 is 30.8 Å². The highest BCUT2D eigenvalue weighted by Gasteiger charge is 2.36. The number of alkyl halides is 6. The van der Waals surface area contributed by atoms with Crippen LogP contribution in [0.3, 0.4) is 0 Å². The molecule has 1 saturated heterocycles. The zero-order chi connectivity index (χ0) is 26.8. The summed E-state index contributed by atoms with van der Waals surface area (Å²) in [7, 11) is 0. The highest BCUT2D eigenvalue weighted by molar-refractivity contribution is 5.63. The molecule has 8 heteroatoms. The van der Waals surface area contributed by atoms with Crippen LogP contribution in [0.5, 0.6) is 0 Å². The van der Waals surface area contributed by atoms with Gasteiger partial charge in [-0.1, -0.05) is 55.2 Å². The molecule has 1 fully saturated rings. The topological polar surface area (TPSA) is 16.4 Å². The summed E-state index contributed by atoms with van der Waals surface area (Å²) < 4.78 is 86.0. The van der Waals surface area contributed by atoms with E-state index in [4.69, 9.17) is 4.42 Å². The van der Waals surface area contributed by atoms with Gasteiger partial charge in [0.1, 0.15) is 17.6 Å². The Morgan fingerprint density at radius 1 is 0.946 bits per heavy atom. The van der Waals surface area contributed by atoms with E-state index in [1.807, 2.05) is 4.90 Å². The Hall–Kier alpha value is -3.44. The van der Waals surface area contributed by atoms with Crippen LogP contribution in [-0.4, -0.2) is 11.4 Å². The zero-order valence-electron chi connectivity index (χ0n) is 20.1. The average molecular weight is 518 g/mol. The fourth-order valence-corrected chi connectivity index (χ4v) is 4.61. The number of likely N-dealkylation sites (tertiary alicyclic amines) is 1. The molecular weight excluding hydrogens is 492 g/mol. The first-order valence-electron chi connectivity index (χ1n) is 11.8. The summed E-state index contributed by atoms with van der Waals surface area (Å²) in [4.78, 5) is 2.04. The largest absolute Gasteiger partial charge is 0.458 e. The molecule has 0 unspecified atom stereocenters. The molecule has 0 saturated carbocycles. The monoisotopic (exact) mass is 517 g/mol. The van der Waals surface area contributed by atoms with Crippen molar-refractivity contribution in [1.82, 2.24) is 4.90 Å². The molecule has 2 aromatic carbocycles. The quantitative estimate of drug-likeness (QED) is 0.254. The summed E-state index contributed by atoms with van der Waals surface area (Å²) >= 11 is 0. The molecule has 0 aliphatic carbocycles. The Bertz CT molecular complexity index is 1310. The van der Waals surface area contributed by atoms with Gasteiger partial charge >= 0.3 is 12.4 Å². The molecule has 1 aliphatic rings. The summed E-state index contributed by atoms with van der Waals surface area (Å²) in [5, 5.41) is 0. The third-order valence-electron chi connectivity index (χ3n) is 6.32. The van der Waals surface area contributed by atoms with Crippen molar-refractivity contribution in [2.75, 3.05) is 6.54 Å². The molecule has 2 nitrogen and oxygen atoms in total. The van der Waals surface area contributed by atoms with Crippen LogP contribution in [0.1, 0.15) is 60.7 Å². The number of hydrogen-bond acceptors (Lipinski definition) is 2. The number of nitrogens with zero attached hydrogens (tertiary/aromatic N) is 1. The maximum absolute atomic E-state index is 13.6. The van der Waals surface area contributed by atoms with E-state index < -0.39 is 29.5 Å². The first kappa shape index (κ1) is 26.6. The maximum atomic E-state index is 13.6. The standard InChI is InChI=1S/C29H25F6NO/c1-19(2)10-15-25(27-17-16-26(37-27)22-7-3-4-8-23(22)29(33,34)35)36-18-6-5-9-24(36)20-11-13-21(14-12-20)28(30,31)32/h3-4,7-8,11-14,16-17,24-25H,1,5-6,9,18H2,2H3/t24-,25+/m0/s1. The van der Waals surface area contributed by atoms with Crippen LogP contribution in [0.2, 0.25) is 0 Å². The van der Waals surface area contributed by atoms with Crippen LogP contribution < -0.4 is 0 Å². The molecule has 0 bridgehead atoms. The van der Waals surface area contributed by atoms with Gasteiger partial charge in [-0.2, -0.15) is 26.3 Å². The Morgan fingerprint density at radius 2 is 1.65 bits per heavy atom. The molecule has 0 spiro atoms. The molecular formula is C29H25F6NO. The first-order valence-corrected chi connectivity index (χ1v) is 11.8. The third-order valence-corrected chi connectivity index (χ3v) is 6.32. The lowest BCUT2D eigenvalue weighted by atomic mass is 9.92. The number of piperidine rings is 1. The van der Waals surface area contributed by atoms with E-state index in [1.165, 1.54) is 36.4 Å². The van der Waals surface area contributed by atoms with E-state index in [2.05, 4.69) is 18.4 Å².